The fourth-order valence-corrected chi connectivity index (χ4v) is 8.50. The minimum Gasteiger partial charge on any atom is -0.466 e. The van der Waals surface area contributed by atoms with Crippen LogP contribution < -0.4 is 5.32 Å². The summed E-state index contributed by atoms with van der Waals surface area (Å²) in [5.41, 5.74) is 0. The molecule has 1 rings (SSSR count). The molecule has 11 nitrogen and oxygen atoms in total. The van der Waals surface area contributed by atoms with Gasteiger partial charge in [0, 0.05) is 12.8 Å². The normalized spacial score (nSPS) is 19.7. The minimum absolute atomic E-state index is 0.0546. The van der Waals surface area contributed by atoms with Gasteiger partial charge in [0.05, 0.1) is 32.0 Å². The highest BCUT2D eigenvalue weighted by Crippen LogP contribution is 2.23. The van der Waals surface area contributed by atoms with Gasteiger partial charge in [-0.3, -0.25) is 9.59 Å². The highest BCUT2D eigenvalue weighted by molar-refractivity contribution is 5.76. The molecule has 0 saturated carbocycles. The number of hydrogen-bond donors (Lipinski definition) is 6. The number of aliphatic hydroxyl groups excluding tert-OH is 5. The maximum atomic E-state index is 13.0. The van der Waals surface area contributed by atoms with Gasteiger partial charge in [-0.2, -0.15) is 0 Å². The molecule has 0 aromatic carbocycles. The van der Waals surface area contributed by atoms with Crippen molar-refractivity contribution in [3.05, 3.63) is 60.8 Å². The first-order valence-electron chi connectivity index (χ1n) is 28.6. The van der Waals surface area contributed by atoms with Crippen molar-refractivity contribution >= 4 is 11.9 Å². The van der Waals surface area contributed by atoms with Crippen LogP contribution in [0.15, 0.2) is 60.8 Å². The summed E-state index contributed by atoms with van der Waals surface area (Å²) in [6.07, 6.45) is 51.6. The molecule has 1 saturated heterocycles. The van der Waals surface area contributed by atoms with Crippen LogP contribution in [-0.2, 0) is 23.8 Å². The Morgan fingerprint density at radius 1 is 0.529 bits per heavy atom. The van der Waals surface area contributed by atoms with Gasteiger partial charge < -0.3 is 45.1 Å². The summed E-state index contributed by atoms with van der Waals surface area (Å²) in [5.74, 6) is -0.318. The number of unbranched alkanes of at least 4 members (excludes halogenated alkanes) is 26. The van der Waals surface area contributed by atoms with Crippen LogP contribution in [0.2, 0.25) is 0 Å². The lowest BCUT2D eigenvalue weighted by Gasteiger charge is -2.40. The number of carbonyl (C=O) groups excluding carboxylic acids is 2. The van der Waals surface area contributed by atoms with Crippen LogP contribution in [0.25, 0.3) is 0 Å². The first-order valence-corrected chi connectivity index (χ1v) is 28.6. The van der Waals surface area contributed by atoms with E-state index >= 15 is 0 Å². The summed E-state index contributed by atoms with van der Waals surface area (Å²) < 4.78 is 16.7. The van der Waals surface area contributed by atoms with E-state index in [0.717, 1.165) is 83.5 Å². The maximum Gasteiger partial charge on any atom is 0.305 e. The maximum absolute atomic E-state index is 13.0. The summed E-state index contributed by atoms with van der Waals surface area (Å²) >= 11 is 0. The zero-order chi connectivity index (χ0) is 51.0. The highest BCUT2D eigenvalue weighted by Gasteiger charge is 2.44. The van der Waals surface area contributed by atoms with Crippen molar-refractivity contribution < 1.29 is 49.3 Å². The van der Waals surface area contributed by atoms with Crippen LogP contribution in [0.3, 0.4) is 0 Å². The molecule has 0 spiro atoms. The summed E-state index contributed by atoms with van der Waals surface area (Å²) in [6.45, 7) is 4.20. The Morgan fingerprint density at radius 3 is 1.51 bits per heavy atom. The molecule has 6 N–H and O–H groups in total. The van der Waals surface area contributed by atoms with Gasteiger partial charge in [0.25, 0.3) is 0 Å². The standard InChI is InChI=1S/C59H105NO10/c1-3-5-7-9-11-13-15-17-19-21-25-29-33-37-41-45-52(62)51(50-69-59-58(67)57(66)56(65)53(49-61)70-59)60-54(63)46-42-38-34-30-26-22-20-24-28-32-36-40-44-48-68-55(64)47-43-39-35-31-27-23-18-16-14-12-10-8-6-4-2/h10,12,16,18,22,26,34,38,41,45,51-53,56-59,61-62,65-67H,3-9,11,13-15,17,19-21,23-25,27-33,35-37,39-40,42-44,46-50H2,1-2H3,(H,60,63)/b12-10-,18-16-,26-22-,38-34-,45-41+. The third kappa shape index (κ3) is 38.0. The number of ether oxygens (including phenoxy) is 3. The number of amides is 1. The number of allylic oxidation sites excluding steroid dienone is 9. The molecule has 70 heavy (non-hydrogen) atoms. The van der Waals surface area contributed by atoms with Crippen LogP contribution in [0.5, 0.6) is 0 Å². The van der Waals surface area contributed by atoms with Crippen molar-refractivity contribution in [1.82, 2.24) is 5.32 Å². The second kappa shape index (κ2) is 48.6. The van der Waals surface area contributed by atoms with E-state index in [2.05, 4.69) is 55.6 Å². The molecule has 7 unspecified atom stereocenters. The van der Waals surface area contributed by atoms with Gasteiger partial charge in [0.1, 0.15) is 24.4 Å². The molecule has 406 valence electrons. The van der Waals surface area contributed by atoms with Crippen LogP contribution in [0.1, 0.15) is 239 Å². The van der Waals surface area contributed by atoms with Gasteiger partial charge in [0.2, 0.25) is 5.91 Å². The SMILES string of the molecule is CCCC/C=C\C/C=C\CCCCCCCC(=O)OCCCCCCCC/C=C\C/C=C\CCC(=O)NC(COC1OC(CO)C(O)C(O)C1O)C(O)/C=C/CCCCCCCCCCCCCCC. The van der Waals surface area contributed by atoms with Crippen molar-refractivity contribution in [3.8, 4) is 0 Å². The molecule has 1 heterocycles. The van der Waals surface area contributed by atoms with E-state index in [9.17, 15) is 35.1 Å². The molecule has 0 aromatic rings. The summed E-state index contributed by atoms with van der Waals surface area (Å²) in [7, 11) is 0. The topological polar surface area (TPSA) is 175 Å². The van der Waals surface area contributed by atoms with Crippen molar-refractivity contribution in [3.63, 3.8) is 0 Å². The monoisotopic (exact) mass is 988 g/mol. The first-order chi connectivity index (χ1) is 34.2. The third-order valence-electron chi connectivity index (χ3n) is 13.1. The van der Waals surface area contributed by atoms with E-state index in [1.54, 1.807) is 6.08 Å². The Morgan fingerprint density at radius 2 is 0.986 bits per heavy atom. The average molecular weight is 988 g/mol. The Hall–Kier alpha value is -2.64. The lowest BCUT2D eigenvalue weighted by atomic mass is 9.99. The van der Waals surface area contributed by atoms with Crippen molar-refractivity contribution in [2.24, 2.45) is 0 Å². The quantitative estimate of drug-likeness (QED) is 0.0196. The molecule has 1 aliphatic rings. The predicted molar refractivity (Wildman–Crippen MR) is 287 cm³/mol. The lowest BCUT2D eigenvalue weighted by molar-refractivity contribution is -0.302. The molecule has 1 amide bonds. The van der Waals surface area contributed by atoms with Crippen LogP contribution in [0.4, 0.5) is 0 Å². The Balaban J connectivity index is 2.22. The Kier molecular flexibility index (Phi) is 45.4. The van der Waals surface area contributed by atoms with Gasteiger partial charge >= 0.3 is 5.97 Å². The van der Waals surface area contributed by atoms with E-state index in [-0.39, 0.29) is 24.9 Å². The largest absolute Gasteiger partial charge is 0.466 e. The predicted octanol–water partition coefficient (Wildman–Crippen LogP) is 12.7. The van der Waals surface area contributed by atoms with Gasteiger partial charge in [-0.25, -0.2) is 0 Å². The minimum atomic E-state index is -1.59. The molecule has 0 aliphatic carbocycles. The van der Waals surface area contributed by atoms with E-state index in [1.165, 1.54) is 122 Å². The molecule has 0 radical (unpaired) electrons. The van der Waals surface area contributed by atoms with Gasteiger partial charge in [0.15, 0.2) is 6.29 Å². The molecule has 11 heteroatoms. The smallest absolute Gasteiger partial charge is 0.305 e. The van der Waals surface area contributed by atoms with Crippen LogP contribution >= 0.6 is 0 Å². The number of aliphatic hydroxyl groups is 5. The summed E-state index contributed by atoms with van der Waals surface area (Å²) in [4.78, 5) is 25.1. The number of esters is 1. The van der Waals surface area contributed by atoms with Gasteiger partial charge in [-0.1, -0.05) is 209 Å². The highest BCUT2D eigenvalue weighted by atomic mass is 16.7. The van der Waals surface area contributed by atoms with Crippen molar-refractivity contribution in [1.29, 1.82) is 0 Å². The van der Waals surface area contributed by atoms with E-state index in [1.807, 2.05) is 18.2 Å². The first kappa shape index (κ1) is 65.4. The third-order valence-corrected chi connectivity index (χ3v) is 13.1. The summed E-state index contributed by atoms with van der Waals surface area (Å²) in [5, 5.41) is 54.3. The van der Waals surface area contributed by atoms with Crippen molar-refractivity contribution in [2.45, 2.75) is 281 Å². The number of hydrogen-bond acceptors (Lipinski definition) is 10. The van der Waals surface area contributed by atoms with Crippen LogP contribution in [0, 0.1) is 0 Å². The Labute approximate surface area is 427 Å². The molecule has 0 bridgehead atoms. The van der Waals surface area contributed by atoms with Crippen molar-refractivity contribution in [2.75, 3.05) is 19.8 Å². The second-order valence-corrected chi connectivity index (χ2v) is 19.6. The fraction of sp³-hybridized carbons (Fsp3) is 0.797. The van der Waals surface area contributed by atoms with Gasteiger partial charge in [-0.05, 0) is 77.0 Å². The average Bonchev–Trinajstić information content (AvgIpc) is 3.36. The molecule has 7 atom stereocenters. The molecular weight excluding hydrogens is 883 g/mol. The van der Waals surface area contributed by atoms with Crippen LogP contribution in [-0.4, -0.2) is 100 Å². The Bertz CT molecular complexity index is 1350. The lowest BCUT2D eigenvalue weighted by Crippen LogP contribution is -2.60. The number of carbonyl (C=O) groups is 2. The molecular formula is C59H105NO10. The zero-order valence-corrected chi connectivity index (χ0v) is 44.5. The summed E-state index contributed by atoms with van der Waals surface area (Å²) in [6, 6.07) is -0.856. The fourth-order valence-electron chi connectivity index (χ4n) is 8.50. The van der Waals surface area contributed by atoms with E-state index in [0.29, 0.717) is 19.4 Å². The number of rotatable bonds is 48. The second-order valence-electron chi connectivity index (χ2n) is 19.6. The van der Waals surface area contributed by atoms with E-state index in [4.69, 9.17) is 14.2 Å². The molecule has 1 aliphatic heterocycles. The molecule has 1 fully saturated rings. The van der Waals surface area contributed by atoms with Gasteiger partial charge in [-0.15, -0.1) is 0 Å². The zero-order valence-electron chi connectivity index (χ0n) is 44.5. The van der Waals surface area contributed by atoms with E-state index < -0.39 is 49.5 Å². The molecule has 0 aromatic heterocycles. The number of nitrogens with one attached hydrogen (secondary N) is 1.